The molecule has 0 saturated carbocycles. The van der Waals surface area contributed by atoms with Crippen LogP contribution in [0.15, 0.2) is 41.6 Å². The van der Waals surface area contributed by atoms with Gasteiger partial charge < -0.3 is 10.2 Å². The van der Waals surface area contributed by atoms with Gasteiger partial charge in [0.25, 0.3) is 5.91 Å². The first-order valence-corrected chi connectivity index (χ1v) is 13.3. The van der Waals surface area contributed by atoms with E-state index < -0.39 is 0 Å². The lowest BCUT2D eigenvalue weighted by Crippen LogP contribution is -2.41. The lowest BCUT2D eigenvalue weighted by atomic mass is 9.96. The van der Waals surface area contributed by atoms with Gasteiger partial charge in [-0.3, -0.25) is 14.7 Å². The van der Waals surface area contributed by atoms with Gasteiger partial charge in [-0.2, -0.15) is 0 Å². The molecule has 6 nitrogen and oxygen atoms in total. The van der Waals surface area contributed by atoms with Gasteiger partial charge in [-0.05, 0) is 63.1 Å². The van der Waals surface area contributed by atoms with Crippen LogP contribution in [0.5, 0.6) is 0 Å². The third kappa shape index (κ3) is 7.11. The predicted octanol–water partition coefficient (Wildman–Crippen LogP) is 5.42. The van der Waals surface area contributed by atoms with Gasteiger partial charge in [0.2, 0.25) is 0 Å². The predicted molar refractivity (Wildman–Crippen MR) is 136 cm³/mol. The lowest BCUT2D eigenvalue weighted by Gasteiger charge is -2.33. The fourth-order valence-corrected chi connectivity index (χ4v) is 5.63. The highest BCUT2D eigenvalue weighted by molar-refractivity contribution is 7.14. The van der Waals surface area contributed by atoms with Crippen molar-refractivity contribution >= 4 is 28.1 Å². The summed E-state index contributed by atoms with van der Waals surface area (Å²) in [5.41, 5.74) is 3.08. The monoisotopic (exact) mass is 467 g/mol. The first-order valence-electron chi connectivity index (χ1n) is 12.5. The van der Waals surface area contributed by atoms with Gasteiger partial charge in [-0.1, -0.05) is 30.9 Å². The molecule has 1 atom stereocenters. The Kier molecular flexibility index (Phi) is 8.89. The van der Waals surface area contributed by atoms with Gasteiger partial charge in [-0.25, -0.2) is 4.98 Å². The van der Waals surface area contributed by atoms with E-state index in [0.29, 0.717) is 11.6 Å². The van der Waals surface area contributed by atoms with Crippen molar-refractivity contribution in [2.75, 3.05) is 38.1 Å². The van der Waals surface area contributed by atoms with E-state index in [1.807, 2.05) is 29.5 Å². The van der Waals surface area contributed by atoms with Crippen molar-refractivity contribution in [3.05, 3.63) is 47.2 Å². The number of pyridine rings is 1. The summed E-state index contributed by atoms with van der Waals surface area (Å²) < 4.78 is 0. The minimum absolute atomic E-state index is 0.0758. The number of anilines is 2. The molecule has 0 spiro atoms. The lowest BCUT2D eigenvalue weighted by molar-refractivity contribution is 0.0930. The van der Waals surface area contributed by atoms with Crippen molar-refractivity contribution in [1.82, 2.24) is 20.2 Å². The van der Waals surface area contributed by atoms with Crippen LogP contribution in [0.4, 0.5) is 10.8 Å². The molecule has 1 N–H and O–H groups in total. The second-order valence-electron chi connectivity index (χ2n) is 9.41. The van der Waals surface area contributed by atoms with E-state index in [0.717, 1.165) is 30.5 Å². The normalized spacial score (nSPS) is 21.8. The molecule has 0 radical (unpaired) electrons. The number of allylic oxidation sites excluding steroid dienone is 1. The average molecular weight is 468 g/mol. The maximum Gasteiger partial charge on any atom is 0.270 e. The number of amides is 1. The molecule has 2 aliphatic rings. The van der Waals surface area contributed by atoms with Gasteiger partial charge in [0.05, 0.1) is 11.9 Å². The first-order chi connectivity index (χ1) is 16.2. The average Bonchev–Trinajstić information content (AvgIpc) is 3.38. The van der Waals surface area contributed by atoms with Gasteiger partial charge in [0.15, 0.2) is 5.13 Å². The van der Waals surface area contributed by atoms with Gasteiger partial charge in [0.1, 0.15) is 5.69 Å². The molecule has 2 aromatic heterocycles. The topological polar surface area (TPSA) is 61.4 Å². The minimum atomic E-state index is -0.0758. The Hall–Kier alpha value is -2.25. The third-order valence-electron chi connectivity index (χ3n) is 6.76. The number of nitrogens with one attached hydrogen (secondary N) is 1. The summed E-state index contributed by atoms with van der Waals surface area (Å²) in [5, 5.41) is 5.78. The van der Waals surface area contributed by atoms with Crippen molar-refractivity contribution in [3.63, 3.8) is 0 Å². The largest absolute Gasteiger partial charge is 0.350 e. The van der Waals surface area contributed by atoms with E-state index in [1.54, 1.807) is 18.0 Å². The molecule has 33 heavy (non-hydrogen) atoms. The molecule has 3 heterocycles. The zero-order valence-corrected chi connectivity index (χ0v) is 20.7. The van der Waals surface area contributed by atoms with E-state index in [1.165, 1.54) is 75.7 Å². The van der Waals surface area contributed by atoms with Crippen molar-refractivity contribution in [3.8, 4) is 0 Å². The van der Waals surface area contributed by atoms with Crippen molar-refractivity contribution < 1.29 is 4.79 Å². The smallest absolute Gasteiger partial charge is 0.270 e. The molecule has 1 aliphatic carbocycles. The van der Waals surface area contributed by atoms with Crippen LogP contribution in [0.25, 0.3) is 0 Å². The van der Waals surface area contributed by atoms with Crippen LogP contribution in [-0.2, 0) is 0 Å². The summed E-state index contributed by atoms with van der Waals surface area (Å²) in [6.45, 7) is 4.09. The van der Waals surface area contributed by atoms with Crippen LogP contribution in [0.3, 0.4) is 0 Å². The Bertz CT molecular complexity index is 912. The summed E-state index contributed by atoms with van der Waals surface area (Å²) in [5.74, 6) is 0.434. The Balaban J connectivity index is 1.26. The molecule has 0 unspecified atom stereocenters. The quantitative estimate of drug-likeness (QED) is 0.551. The van der Waals surface area contributed by atoms with Crippen molar-refractivity contribution in [2.45, 2.75) is 57.8 Å². The fraction of sp³-hybridized carbons (Fsp3) is 0.577. The zero-order valence-electron chi connectivity index (χ0n) is 19.8. The van der Waals surface area contributed by atoms with E-state index >= 15 is 0 Å². The van der Waals surface area contributed by atoms with Crippen LogP contribution in [0, 0.1) is 5.92 Å². The Morgan fingerprint density at radius 3 is 3.00 bits per heavy atom. The number of hydrogen-bond acceptors (Lipinski definition) is 6. The summed E-state index contributed by atoms with van der Waals surface area (Å²) >= 11 is 1.48. The molecule has 7 heteroatoms. The van der Waals surface area contributed by atoms with Crippen LogP contribution in [0.1, 0.15) is 68.3 Å². The van der Waals surface area contributed by atoms with Crippen LogP contribution in [0.2, 0.25) is 0 Å². The molecule has 178 valence electrons. The highest BCUT2D eigenvalue weighted by Gasteiger charge is 2.22. The van der Waals surface area contributed by atoms with E-state index in [-0.39, 0.29) is 5.91 Å². The number of likely N-dealkylation sites (tertiary alicyclic amines) is 1. The molecule has 1 fully saturated rings. The van der Waals surface area contributed by atoms with Crippen molar-refractivity contribution in [2.24, 2.45) is 5.92 Å². The summed E-state index contributed by atoms with van der Waals surface area (Å²) in [4.78, 5) is 26.0. The maximum atomic E-state index is 12.7. The summed E-state index contributed by atoms with van der Waals surface area (Å²) in [6.07, 6.45) is 17.8. The van der Waals surface area contributed by atoms with Gasteiger partial charge >= 0.3 is 0 Å². The number of carbonyl (C=O) groups is 1. The number of piperidine rings is 1. The molecular formula is C26H37N5OS. The number of hydrogen-bond donors (Lipinski definition) is 1. The second kappa shape index (κ2) is 12.3. The highest BCUT2D eigenvalue weighted by Crippen LogP contribution is 2.26. The number of aromatic nitrogens is 2. The third-order valence-corrected chi connectivity index (χ3v) is 7.68. The zero-order chi connectivity index (χ0) is 22.9. The molecule has 1 saturated heterocycles. The standard InChI is InChI=1S/C26H37N5OS/c1-30(23-13-8-14-27-17-23)26-29-24(20-33-26)25(32)28-16-22-12-9-15-31(19-22)18-21-10-6-4-2-3-5-7-11-21/h8,10,13-14,17,20,22H,2-7,9,11-12,15-16,18-19H2,1H3,(H,28,32)/b21-10+/t22-/m0/s1. The molecule has 0 bridgehead atoms. The van der Waals surface area contributed by atoms with Crippen LogP contribution < -0.4 is 10.2 Å². The number of rotatable bonds is 7. The molecule has 4 rings (SSSR count). The minimum Gasteiger partial charge on any atom is -0.350 e. The van der Waals surface area contributed by atoms with Gasteiger partial charge in [-0.15, -0.1) is 11.3 Å². The summed E-state index contributed by atoms with van der Waals surface area (Å²) in [6, 6.07) is 3.88. The Labute approximate surface area is 202 Å². The fourth-order valence-electron chi connectivity index (χ4n) is 4.84. The van der Waals surface area contributed by atoms with Crippen LogP contribution >= 0.6 is 11.3 Å². The molecule has 2 aromatic rings. The first kappa shape index (κ1) is 23.9. The SMILES string of the molecule is CN(c1cccnc1)c1nc(C(=O)NC[C@@H]2CCCN(C/C3=C/CCCCCCC3)C2)cs1. The van der Waals surface area contributed by atoms with Crippen molar-refractivity contribution in [1.29, 1.82) is 0 Å². The molecule has 0 aromatic carbocycles. The van der Waals surface area contributed by atoms with Gasteiger partial charge in [0, 0.05) is 38.3 Å². The van der Waals surface area contributed by atoms with E-state index in [9.17, 15) is 4.79 Å². The Morgan fingerprint density at radius 1 is 1.24 bits per heavy atom. The van der Waals surface area contributed by atoms with E-state index in [2.05, 4.69) is 26.3 Å². The van der Waals surface area contributed by atoms with Crippen LogP contribution in [-0.4, -0.2) is 54.0 Å². The van der Waals surface area contributed by atoms with E-state index in [4.69, 9.17) is 0 Å². The number of nitrogens with zero attached hydrogens (tertiary/aromatic N) is 4. The Morgan fingerprint density at radius 2 is 2.12 bits per heavy atom. The summed E-state index contributed by atoms with van der Waals surface area (Å²) in [7, 11) is 1.95. The molecule has 1 amide bonds. The number of carbonyl (C=O) groups excluding carboxylic acids is 1. The highest BCUT2D eigenvalue weighted by atomic mass is 32.1. The maximum absolute atomic E-state index is 12.7. The molecule has 1 aliphatic heterocycles. The molecular weight excluding hydrogens is 430 g/mol. The second-order valence-corrected chi connectivity index (χ2v) is 10.2. The number of thiazole rings is 1.